The lowest BCUT2D eigenvalue weighted by atomic mass is 9.91. The molecular formula is C26H23N. The van der Waals surface area contributed by atoms with Gasteiger partial charge in [0.1, 0.15) is 0 Å². The Bertz CT molecular complexity index is 966. The Labute approximate surface area is 161 Å². The maximum absolute atomic E-state index is 2.36. The van der Waals surface area contributed by atoms with Gasteiger partial charge in [0.2, 0.25) is 0 Å². The maximum atomic E-state index is 2.36. The van der Waals surface area contributed by atoms with Crippen LogP contribution in [-0.4, -0.2) is 11.9 Å². The van der Waals surface area contributed by atoms with Crippen LogP contribution in [0.3, 0.4) is 0 Å². The molecule has 0 aliphatic carbocycles. The zero-order chi connectivity index (χ0) is 18.5. The summed E-state index contributed by atoms with van der Waals surface area (Å²) in [5.74, 6) is 0. The third kappa shape index (κ3) is 3.93. The lowest BCUT2D eigenvalue weighted by Gasteiger charge is -2.31. The molecule has 0 amide bonds. The van der Waals surface area contributed by atoms with Crippen molar-refractivity contribution in [1.82, 2.24) is 4.90 Å². The topological polar surface area (TPSA) is 3.24 Å². The Balaban J connectivity index is 1.75. The quantitative estimate of drug-likeness (QED) is 0.530. The van der Waals surface area contributed by atoms with Crippen molar-refractivity contribution < 1.29 is 0 Å². The van der Waals surface area contributed by atoms with Gasteiger partial charge in [-0.25, -0.2) is 0 Å². The smallest absolute Gasteiger partial charge is 0.0727 e. The molecular weight excluding hydrogens is 326 g/mol. The van der Waals surface area contributed by atoms with Crippen LogP contribution in [0.15, 0.2) is 115 Å². The van der Waals surface area contributed by atoms with E-state index >= 15 is 0 Å². The summed E-state index contributed by atoms with van der Waals surface area (Å²) < 4.78 is 0. The highest BCUT2D eigenvalue weighted by Crippen LogP contribution is 2.35. The fourth-order valence-corrected chi connectivity index (χ4v) is 3.47. The summed E-state index contributed by atoms with van der Waals surface area (Å²) in [5, 5.41) is 0. The molecule has 0 saturated heterocycles. The van der Waals surface area contributed by atoms with Crippen LogP contribution >= 0.6 is 0 Å². The average Bonchev–Trinajstić information content (AvgIpc) is 2.74. The average molecular weight is 349 g/mol. The first kappa shape index (κ1) is 17.1. The number of likely N-dealkylation sites (N-methyl/N-ethyl adjacent to an activating group) is 1. The molecule has 4 rings (SSSR count). The summed E-state index contributed by atoms with van der Waals surface area (Å²) in [7, 11) is 2.15. The molecule has 1 atom stereocenters. The van der Waals surface area contributed by atoms with E-state index in [9.17, 15) is 0 Å². The van der Waals surface area contributed by atoms with Crippen molar-refractivity contribution in [3.63, 3.8) is 0 Å². The van der Waals surface area contributed by atoms with E-state index < -0.39 is 0 Å². The Morgan fingerprint density at radius 1 is 0.704 bits per heavy atom. The van der Waals surface area contributed by atoms with Gasteiger partial charge in [0.25, 0.3) is 0 Å². The van der Waals surface area contributed by atoms with E-state index in [0.29, 0.717) is 0 Å². The molecule has 3 aromatic rings. The molecule has 3 aromatic carbocycles. The number of hydrogen-bond donors (Lipinski definition) is 0. The largest absolute Gasteiger partial charge is 0.369 e. The molecule has 0 spiro atoms. The van der Waals surface area contributed by atoms with Gasteiger partial charge in [-0.2, -0.15) is 0 Å². The number of nitrogens with zero attached hydrogens (tertiary/aromatic N) is 1. The molecule has 1 aliphatic heterocycles. The van der Waals surface area contributed by atoms with Crippen LogP contribution in [0.25, 0.3) is 11.6 Å². The van der Waals surface area contributed by atoms with Crippen LogP contribution in [0.4, 0.5) is 0 Å². The maximum Gasteiger partial charge on any atom is 0.0727 e. The predicted octanol–water partition coefficient (Wildman–Crippen LogP) is 6.35. The Kier molecular flexibility index (Phi) is 5.02. The van der Waals surface area contributed by atoms with E-state index in [1.54, 1.807) is 0 Å². The molecule has 0 radical (unpaired) electrons. The first-order chi connectivity index (χ1) is 13.3. The monoisotopic (exact) mass is 349 g/mol. The van der Waals surface area contributed by atoms with Crippen LogP contribution in [0.2, 0.25) is 0 Å². The van der Waals surface area contributed by atoms with Gasteiger partial charge in [0.15, 0.2) is 0 Å². The minimum absolute atomic E-state index is 0.231. The first-order valence-corrected chi connectivity index (χ1v) is 9.31. The van der Waals surface area contributed by atoms with Gasteiger partial charge >= 0.3 is 0 Å². The zero-order valence-electron chi connectivity index (χ0n) is 15.5. The highest BCUT2D eigenvalue weighted by molar-refractivity contribution is 5.84. The molecule has 1 heterocycles. The third-order valence-corrected chi connectivity index (χ3v) is 4.90. The first-order valence-electron chi connectivity index (χ1n) is 9.31. The minimum Gasteiger partial charge on any atom is -0.369 e. The van der Waals surface area contributed by atoms with Crippen LogP contribution in [-0.2, 0) is 0 Å². The number of allylic oxidation sites excluding steroid dienone is 3. The van der Waals surface area contributed by atoms with E-state index in [0.717, 1.165) is 0 Å². The minimum atomic E-state index is 0.231. The molecule has 0 aromatic heterocycles. The van der Waals surface area contributed by atoms with Crippen molar-refractivity contribution >= 4 is 11.6 Å². The van der Waals surface area contributed by atoms with Crippen molar-refractivity contribution in [2.24, 2.45) is 0 Å². The number of hydrogen-bond acceptors (Lipinski definition) is 1. The highest BCUT2D eigenvalue weighted by Gasteiger charge is 2.20. The standard InChI is InChI=1S/C26H23N/c1-27-20-25(22-13-7-3-8-14-22)24(18-17-21-11-5-2-6-12-21)19-26(27)23-15-9-4-10-16-23/h2-20,26H,1H3. The van der Waals surface area contributed by atoms with E-state index in [1.807, 2.05) is 6.07 Å². The number of benzene rings is 3. The van der Waals surface area contributed by atoms with Gasteiger partial charge < -0.3 is 4.90 Å². The summed E-state index contributed by atoms with van der Waals surface area (Å²) in [6.45, 7) is 0. The molecule has 132 valence electrons. The second-order valence-electron chi connectivity index (χ2n) is 6.80. The lowest BCUT2D eigenvalue weighted by molar-refractivity contribution is 0.390. The highest BCUT2D eigenvalue weighted by atomic mass is 15.1. The summed E-state index contributed by atoms with van der Waals surface area (Å²) in [6.07, 6.45) is 9.04. The van der Waals surface area contributed by atoms with Crippen molar-refractivity contribution in [1.29, 1.82) is 0 Å². The Hall–Kier alpha value is -3.32. The van der Waals surface area contributed by atoms with E-state index in [1.165, 1.54) is 27.8 Å². The normalized spacial score (nSPS) is 16.9. The number of rotatable bonds is 4. The van der Waals surface area contributed by atoms with Crippen LogP contribution in [0.5, 0.6) is 0 Å². The second-order valence-corrected chi connectivity index (χ2v) is 6.80. The lowest BCUT2D eigenvalue weighted by Crippen LogP contribution is -2.21. The molecule has 27 heavy (non-hydrogen) atoms. The van der Waals surface area contributed by atoms with Gasteiger partial charge in [0.05, 0.1) is 6.04 Å². The summed E-state index contributed by atoms with van der Waals surface area (Å²) >= 11 is 0. The van der Waals surface area contributed by atoms with Crippen LogP contribution in [0, 0.1) is 0 Å². The molecule has 0 N–H and O–H groups in total. The molecule has 1 nitrogen and oxygen atoms in total. The fourth-order valence-electron chi connectivity index (χ4n) is 3.47. The van der Waals surface area contributed by atoms with Crippen molar-refractivity contribution in [3.05, 3.63) is 132 Å². The molecule has 1 aliphatic rings. The van der Waals surface area contributed by atoms with Gasteiger partial charge in [-0.05, 0) is 28.3 Å². The fraction of sp³-hybridized carbons (Fsp3) is 0.0769. The summed E-state index contributed by atoms with van der Waals surface area (Å²) in [6, 6.07) is 31.9. The van der Waals surface area contributed by atoms with Crippen molar-refractivity contribution in [3.8, 4) is 0 Å². The molecule has 0 saturated carbocycles. The Morgan fingerprint density at radius 3 is 1.96 bits per heavy atom. The molecule has 1 unspecified atom stereocenters. The zero-order valence-corrected chi connectivity index (χ0v) is 15.5. The predicted molar refractivity (Wildman–Crippen MR) is 115 cm³/mol. The Morgan fingerprint density at radius 2 is 1.30 bits per heavy atom. The van der Waals surface area contributed by atoms with Gasteiger partial charge in [-0.3, -0.25) is 0 Å². The van der Waals surface area contributed by atoms with Crippen molar-refractivity contribution in [2.45, 2.75) is 6.04 Å². The second kappa shape index (κ2) is 7.92. The van der Waals surface area contributed by atoms with E-state index in [-0.39, 0.29) is 6.04 Å². The van der Waals surface area contributed by atoms with Crippen LogP contribution in [0.1, 0.15) is 22.7 Å². The van der Waals surface area contributed by atoms with E-state index in [2.05, 4.69) is 121 Å². The summed E-state index contributed by atoms with van der Waals surface area (Å²) in [4.78, 5) is 2.29. The van der Waals surface area contributed by atoms with Gasteiger partial charge in [0, 0.05) is 18.8 Å². The van der Waals surface area contributed by atoms with Gasteiger partial charge in [-0.15, -0.1) is 0 Å². The van der Waals surface area contributed by atoms with Gasteiger partial charge in [-0.1, -0.05) is 103 Å². The molecule has 0 bridgehead atoms. The summed E-state index contributed by atoms with van der Waals surface area (Å²) in [5.41, 5.74) is 6.24. The SMILES string of the molecule is CN1C=C(c2ccccc2)C(C=Cc2ccccc2)=CC1c1ccccc1. The van der Waals surface area contributed by atoms with Crippen molar-refractivity contribution in [2.75, 3.05) is 7.05 Å². The van der Waals surface area contributed by atoms with Crippen LogP contribution < -0.4 is 0 Å². The third-order valence-electron chi connectivity index (χ3n) is 4.90. The molecule has 0 fully saturated rings. The van der Waals surface area contributed by atoms with E-state index in [4.69, 9.17) is 0 Å². The molecule has 1 heteroatoms.